The van der Waals surface area contributed by atoms with Gasteiger partial charge in [-0.05, 0) is 32.0 Å². The molecule has 0 unspecified atom stereocenters. The fourth-order valence-electron chi connectivity index (χ4n) is 2.89. The first-order valence-electron chi connectivity index (χ1n) is 8.73. The van der Waals surface area contributed by atoms with Gasteiger partial charge in [0.05, 0.1) is 12.2 Å². The molecule has 3 amide bonds. The fourth-order valence-corrected chi connectivity index (χ4v) is 2.89. The quantitative estimate of drug-likeness (QED) is 0.859. The van der Waals surface area contributed by atoms with Crippen LogP contribution < -0.4 is 15.0 Å². The number of anilines is 2. The average Bonchev–Trinajstić information content (AvgIpc) is 3.16. The number of benzene rings is 1. The summed E-state index contributed by atoms with van der Waals surface area (Å²) in [4.78, 5) is 27.8. The number of ether oxygens (including phenoxy) is 1. The molecule has 0 saturated carbocycles. The Hall–Kier alpha value is -3.03. The molecule has 1 aromatic carbocycles. The number of nitrogens with zero attached hydrogens (tertiary/aromatic N) is 4. The largest absolute Gasteiger partial charge is 0.481 e. The van der Waals surface area contributed by atoms with Crippen molar-refractivity contribution in [3.05, 3.63) is 36.7 Å². The molecular formula is C18H23N5O3. The van der Waals surface area contributed by atoms with Gasteiger partial charge in [0.2, 0.25) is 0 Å². The summed E-state index contributed by atoms with van der Waals surface area (Å²) in [5, 5.41) is 7.04. The molecule has 1 N–H and O–H groups in total. The van der Waals surface area contributed by atoms with E-state index >= 15 is 0 Å². The number of likely N-dealkylation sites (N-methyl/N-ethyl adjacent to an activating group) is 2. The lowest BCUT2D eigenvalue weighted by Gasteiger charge is -2.29. The number of hydrogen-bond donors (Lipinski definition) is 1. The molecule has 3 rings (SSSR count). The molecule has 1 aliphatic heterocycles. The third-order valence-electron chi connectivity index (χ3n) is 4.30. The monoisotopic (exact) mass is 357 g/mol. The average molecular weight is 357 g/mol. The third-order valence-corrected chi connectivity index (χ3v) is 4.30. The summed E-state index contributed by atoms with van der Waals surface area (Å²) in [6.07, 6.45) is 3.58. The van der Waals surface area contributed by atoms with Crippen molar-refractivity contribution >= 4 is 23.3 Å². The van der Waals surface area contributed by atoms with Crippen LogP contribution in [0, 0.1) is 0 Å². The first-order valence-corrected chi connectivity index (χ1v) is 8.73. The Labute approximate surface area is 152 Å². The van der Waals surface area contributed by atoms with E-state index in [1.807, 2.05) is 26.1 Å². The summed E-state index contributed by atoms with van der Waals surface area (Å²) in [5.41, 5.74) is 1.37. The summed E-state index contributed by atoms with van der Waals surface area (Å²) in [6.45, 7) is 6.23. The minimum Gasteiger partial charge on any atom is -0.481 e. The highest BCUT2D eigenvalue weighted by Gasteiger charge is 2.24. The number of carbonyl (C=O) groups excluding carboxylic acids is 2. The van der Waals surface area contributed by atoms with Crippen LogP contribution in [0.3, 0.4) is 0 Å². The molecule has 0 bridgehead atoms. The minimum absolute atomic E-state index is 0.0171. The molecule has 0 fully saturated rings. The van der Waals surface area contributed by atoms with Gasteiger partial charge in [-0.25, -0.2) is 4.79 Å². The zero-order chi connectivity index (χ0) is 18.5. The third kappa shape index (κ3) is 3.79. The molecule has 0 saturated heterocycles. The summed E-state index contributed by atoms with van der Waals surface area (Å²) in [7, 11) is 0. The molecule has 2 heterocycles. The van der Waals surface area contributed by atoms with E-state index in [0.29, 0.717) is 37.6 Å². The Balaban J connectivity index is 1.66. The molecule has 1 aromatic heterocycles. The first kappa shape index (κ1) is 17.8. The molecule has 26 heavy (non-hydrogen) atoms. The van der Waals surface area contributed by atoms with Gasteiger partial charge >= 0.3 is 6.03 Å². The van der Waals surface area contributed by atoms with Crippen LogP contribution in [-0.4, -0.2) is 52.9 Å². The van der Waals surface area contributed by atoms with Crippen LogP contribution in [-0.2, 0) is 11.3 Å². The van der Waals surface area contributed by atoms with Gasteiger partial charge in [0.25, 0.3) is 5.91 Å². The molecule has 1 aliphatic rings. The molecule has 2 aromatic rings. The highest BCUT2D eigenvalue weighted by molar-refractivity contribution is 5.98. The smallest absolute Gasteiger partial charge is 0.321 e. The van der Waals surface area contributed by atoms with Gasteiger partial charge in [-0.1, -0.05) is 0 Å². The fraction of sp³-hybridized carbons (Fsp3) is 0.389. The van der Waals surface area contributed by atoms with E-state index in [2.05, 4.69) is 10.4 Å². The van der Waals surface area contributed by atoms with E-state index in [4.69, 9.17) is 4.74 Å². The number of rotatable bonds is 6. The Kier molecular flexibility index (Phi) is 5.40. The van der Waals surface area contributed by atoms with Crippen molar-refractivity contribution in [3.8, 4) is 5.75 Å². The van der Waals surface area contributed by atoms with E-state index in [-0.39, 0.29) is 18.5 Å². The molecular weight excluding hydrogens is 334 g/mol. The lowest BCUT2D eigenvalue weighted by molar-refractivity contribution is -0.121. The van der Waals surface area contributed by atoms with E-state index < -0.39 is 0 Å². The topological polar surface area (TPSA) is 79.7 Å². The maximum absolute atomic E-state index is 12.5. The number of fused-ring (bicyclic) bond motifs is 1. The van der Waals surface area contributed by atoms with Crippen molar-refractivity contribution in [1.82, 2.24) is 14.7 Å². The van der Waals surface area contributed by atoms with Gasteiger partial charge in [0.1, 0.15) is 5.75 Å². The van der Waals surface area contributed by atoms with E-state index in [9.17, 15) is 9.59 Å². The van der Waals surface area contributed by atoms with Crippen LogP contribution in [0.4, 0.5) is 16.2 Å². The minimum atomic E-state index is -0.182. The van der Waals surface area contributed by atoms with Crippen molar-refractivity contribution in [1.29, 1.82) is 0 Å². The van der Waals surface area contributed by atoms with Gasteiger partial charge in [0, 0.05) is 43.8 Å². The van der Waals surface area contributed by atoms with Gasteiger partial charge in [-0.2, -0.15) is 5.10 Å². The SMILES string of the molecule is CCN(CCn1cccn1)C(=O)Nc1ccc2c(c1)OCC(=O)N2CC. The van der Waals surface area contributed by atoms with E-state index in [1.165, 1.54) is 0 Å². The maximum atomic E-state index is 12.5. The van der Waals surface area contributed by atoms with Crippen molar-refractivity contribution in [2.75, 3.05) is 36.5 Å². The maximum Gasteiger partial charge on any atom is 0.321 e. The van der Waals surface area contributed by atoms with Crippen molar-refractivity contribution < 1.29 is 14.3 Å². The number of urea groups is 1. The predicted octanol–water partition coefficient (Wildman–Crippen LogP) is 2.18. The predicted molar refractivity (Wildman–Crippen MR) is 98.5 cm³/mol. The van der Waals surface area contributed by atoms with Crippen molar-refractivity contribution in [3.63, 3.8) is 0 Å². The van der Waals surface area contributed by atoms with Crippen LogP contribution in [0.5, 0.6) is 5.75 Å². The zero-order valence-corrected chi connectivity index (χ0v) is 15.0. The first-order chi connectivity index (χ1) is 12.6. The Morgan fingerprint density at radius 1 is 1.38 bits per heavy atom. The molecule has 8 nitrogen and oxygen atoms in total. The van der Waals surface area contributed by atoms with Crippen LogP contribution in [0.2, 0.25) is 0 Å². The lowest BCUT2D eigenvalue weighted by Crippen LogP contribution is -2.39. The molecule has 8 heteroatoms. The highest BCUT2D eigenvalue weighted by Crippen LogP contribution is 2.34. The van der Waals surface area contributed by atoms with Crippen LogP contribution in [0.1, 0.15) is 13.8 Å². The van der Waals surface area contributed by atoms with Gasteiger partial charge in [-0.15, -0.1) is 0 Å². The Morgan fingerprint density at radius 2 is 2.23 bits per heavy atom. The second-order valence-corrected chi connectivity index (χ2v) is 5.89. The second kappa shape index (κ2) is 7.90. The summed E-state index contributed by atoms with van der Waals surface area (Å²) < 4.78 is 7.30. The summed E-state index contributed by atoms with van der Waals surface area (Å²) in [6, 6.07) is 7.00. The standard InChI is InChI=1S/C18H23N5O3/c1-3-21(10-11-22-9-5-8-19-22)18(25)20-14-6-7-15-16(12-14)26-13-17(24)23(15)4-2/h5-9,12H,3-4,10-11,13H2,1-2H3,(H,20,25). The molecule has 0 atom stereocenters. The van der Waals surface area contributed by atoms with Gasteiger partial charge < -0.3 is 19.9 Å². The lowest BCUT2D eigenvalue weighted by atomic mass is 10.2. The molecule has 0 radical (unpaired) electrons. The number of aromatic nitrogens is 2. The zero-order valence-electron chi connectivity index (χ0n) is 15.0. The normalized spacial score (nSPS) is 13.2. The Morgan fingerprint density at radius 3 is 2.92 bits per heavy atom. The Bertz CT molecular complexity index is 775. The number of nitrogens with one attached hydrogen (secondary N) is 1. The number of carbonyl (C=O) groups is 2. The molecule has 138 valence electrons. The van der Waals surface area contributed by atoms with Crippen molar-refractivity contribution in [2.24, 2.45) is 0 Å². The van der Waals surface area contributed by atoms with Crippen LogP contribution >= 0.6 is 0 Å². The molecule has 0 aliphatic carbocycles. The summed E-state index contributed by atoms with van der Waals surface area (Å²) in [5.74, 6) is 0.538. The van der Waals surface area contributed by atoms with Crippen molar-refractivity contribution in [2.45, 2.75) is 20.4 Å². The van der Waals surface area contributed by atoms with Crippen LogP contribution in [0.25, 0.3) is 0 Å². The van der Waals surface area contributed by atoms with Gasteiger partial charge in [-0.3, -0.25) is 9.48 Å². The number of amides is 3. The second-order valence-electron chi connectivity index (χ2n) is 5.89. The highest BCUT2D eigenvalue weighted by atomic mass is 16.5. The summed E-state index contributed by atoms with van der Waals surface area (Å²) >= 11 is 0. The van der Waals surface area contributed by atoms with E-state index in [1.54, 1.807) is 38.9 Å². The van der Waals surface area contributed by atoms with Crippen LogP contribution in [0.15, 0.2) is 36.7 Å². The van der Waals surface area contributed by atoms with Gasteiger partial charge in [0.15, 0.2) is 6.61 Å². The van der Waals surface area contributed by atoms with E-state index in [0.717, 1.165) is 5.69 Å². The number of hydrogen-bond acceptors (Lipinski definition) is 4. The molecule has 0 spiro atoms.